The van der Waals surface area contributed by atoms with Gasteiger partial charge in [0.05, 0.1) is 0 Å². The first-order chi connectivity index (χ1) is 23.5. The van der Waals surface area contributed by atoms with Crippen LogP contribution >= 0.6 is 0 Å². The van der Waals surface area contributed by atoms with Crippen LogP contribution in [0.4, 0.5) is 0 Å². The van der Waals surface area contributed by atoms with Crippen LogP contribution in [0, 0.1) is 0 Å². The van der Waals surface area contributed by atoms with Crippen LogP contribution in [0.25, 0.3) is 0 Å². The first-order valence-corrected chi connectivity index (χ1v) is 23.1. The van der Waals surface area contributed by atoms with E-state index >= 15 is 0 Å². The molecule has 8 N–H and O–H groups in total. The van der Waals surface area contributed by atoms with Crippen molar-refractivity contribution in [2.75, 3.05) is 19.8 Å². The van der Waals surface area contributed by atoms with E-state index in [1.807, 2.05) is 91.0 Å². The van der Waals surface area contributed by atoms with Crippen LogP contribution < -0.4 is 9.37 Å². The number of aliphatic hydroxyl groups excluding tert-OH is 8. The first kappa shape index (κ1) is 37.4. The average Bonchev–Trinajstić information content (AvgIpc) is 3.40. The van der Waals surface area contributed by atoms with E-state index in [-0.39, 0.29) is 0 Å². The van der Waals surface area contributed by atoms with Gasteiger partial charge in [0.2, 0.25) is 0 Å². The van der Waals surface area contributed by atoms with Crippen LogP contribution in [0.3, 0.4) is 0 Å². The maximum atomic E-state index is 13.7. The fraction of sp³-hybridized carbons (Fsp3) is 0.412. The number of rotatable bonds is 12. The van der Waals surface area contributed by atoms with Gasteiger partial charge in [0.15, 0.2) is 0 Å². The third kappa shape index (κ3) is 6.67. The normalized spacial score (nSPS) is 31.6. The number of hydrogen-bond acceptors (Lipinski definition) is 14. The standard InChI is InChI=1S/C16H26O14.3C6H5.Pb/c17-3-6-10(23)12(25)14(27)16(29-6,30-9(22)2-1-8(20)21)15(5-19)13(26)11(24)7(4-18)28-15;3*1-2-4-6-5-3-1;/h6-7,10-14,17-19,23-27H,1-5H2,(H,20,21);3*1-5H;/q;;;;+1/p-1/t6-,7-,10-,11-,12+,13+,14-,15+,16+;;;;/m1..../s1. The van der Waals surface area contributed by atoms with Gasteiger partial charge in [-0.2, -0.15) is 0 Å². The predicted octanol–water partition coefficient (Wildman–Crippen LogP) is -3.47. The second-order valence-electron chi connectivity index (χ2n) is 12.0. The number of hydrogen-bond donors (Lipinski definition) is 8. The van der Waals surface area contributed by atoms with E-state index in [0.29, 0.717) is 0 Å². The molecule has 2 fully saturated rings. The summed E-state index contributed by atoms with van der Waals surface area (Å²) in [6, 6.07) is 27.9. The van der Waals surface area contributed by atoms with Crippen molar-refractivity contribution in [3.05, 3.63) is 91.0 Å². The van der Waals surface area contributed by atoms with E-state index in [1.54, 1.807) is 0 Å². The first-order valence-electron chi connectivity index (χ1n) is 15.7. The zero-order valence-corrected chi connectivity index (χ0v) is 30.2. The zero-order valence-electron chi connectivity index (χ0n) is 26.3. The molecule has 0 aliphatic carbocycles. The quantitative estimate of drug-likeness (QED) is 0.0654. The zero-order chi connectivity index (χ0) is 35.4. The molecule has 0 saturated carbocycles. The molecule has 49 heavy (non-hydrogen) atoms. The van der Waals surface area contributed by atoms with Crippen LogP contribution in [-0.2, 0) is 26.5 Å². The van der Waals surface area contributed by atoms with Gasteiger partial charge in [-0.3, -0.25) is 0 Å². The molecule has 15 heteroatoms. The molecule has 0 radical (unpaired) electrons. The number of aliphatic hydroxyl groups is 8. The Labute approximate surface area is 287 Å². The van der Waals surface area contributed by atoms with Crippen molar-refractivity contribution in [2.24, 2.45) is 0 Å². The number of benzene rings is 3. The Bertz CT molecular complexity index is 1450. The molecule has 5 rings (SSSR count). The third-order valence-corrected chi connectivity index (χ3v) is 24.6. The minimum atomic E-state index is -4.76. The molecule has 2 aliphatic heterocycles. The van der Waals surface area contributed by atoms with Gasteiger partial charge in [-0.25, -0.2) is 0 Å². The fourth-order valence-corrected chi connectivity index (χ4v) is 21.3. The summed E-state index contributed by atoms with van der Waals surface area (Å²) in [6.45, 7) is -3.19. The van der Waals surface area contributed by atoms with E-state index in [0.717, 1.165) is 9.37 Å². The van der Waals surface area contributed by atoms with Crippen LogP contribution in [0.5, 0.6) is 0 Å². The fourth-order valence-electron chi connectivity index (χ4n) is 6.57. The molecule has 0 bridgehead atoms. The van der Waals surface area contributed by atoms with E-state index in [2.05, 4.69) is 0 Å². The Morgan fingerprint density at radius 3 is 1.49 bits per heavy atom. The van der Waals surface area contributed by atoms with Crippen molar-refractivity contribution in [3.63, 3.8) is 0 Å². The number of carbonyl (C=O) groups is 2. The maximum absolute atomic E-state index is 13.7. The van der Waals surface area contributed by atoms with Gasteiger partial charge in [-0.05, 0) is 0 Å². The molecule has 0 unspecified atom stereocenters. The van der Waals surface area contributed by atoms with Crippen LogP contribution in [0.1, 0.15) is 12.8 Å². The van der Waals surface area contributed by atoms with Crippen molar-refractivity contribution in [3.8, 4) is 0 Å². The molecule has 2 saturated heterocycles. The Hall–Kier alpha value is -2.88. The van der Waals surface area contributed by atoms with Gasteiger partial charge >= 0.3 is 288 Å². The predicted molar refractivity (Wildman–Crippen MR) is 172 cm³/mol. The Morgan fingerprint density at radius 1 is 0.612 bits per heavy atom. The third-order valence-electron chi connectivity index (χ3n) is 9.11. The number of carbonyl (C=O) groups excluding carboxylic acids is 2. The molecule has 0 spiro atoms. The van der Waals surface area contributed by atoms with Gasteiger partial charge in [-0.1, -0.05) is 0 Å². The minimum absolute atomic E-state index is 0.550. The van der Waals surface area contributed by atoms with Crippen LogP contribution in [-0.4, -0.2) is 148 Å². The Balaban J connectivity index is 1.46. The van der Waals surface area contributed by atoms with Crippen molar-refractivity contribution in [1.29, 1.82) is 0 Å². The molecule has 264 valence electrons. The van der Waals surface area contributed by atoms with Crippen LogP contribution in [0.15, 0.2) is 91.0 Å². The molecule has 0 aromatic heterocycles. The van der Waals surface area contributed by atoms with Crippen molar-refractivity contribution in [1.82, 2.24) is 0 Å². The summed E-state index contributed by atoms with van der Waals surface area (Å²) in [5, 5.41) is 84.1. The van der Waals surface area contributed by atoms with Gasteiger partial charge in [0, 0.05) is 0 Å². The summed E-state index contributed by atoms with van der Waals surface area (Å²) in [5.41, 5.74) is -2.75. The van der Waals surface area contributed by atoms with Crippen LogP contribution in [0.2, 0.25) is 0 Å². The van der Waals surface area contributed by atoms with Gasteiger partial charge in [-0.15, -0.1) is 0 Å². The van der Waals surface area contributed by atoms with E-state index in [9.17, 15) is 50.4 Å². The summed E-state index contributed by atoms with van der Waals surface area (Å²) in [6.07, 6.45) is -15.2. The summed E-state index contributed by atoms with van der Waals surface area (Å²) >= 11 is -4.76. The molecular formula is C34H40O14Pb. The average molecular weight is 880 g/mol. The van der Waals surface area contributed by atoms with Gasteiger partial charge in [0.1, 0.15) is 0 Å². The van der Waals surface area contributed by atoms with Crippen molar-refractivity contribution in [2.45, 2.75) is 67.0 Å². The topological polar surface area (TPSA) is 233 Å². The number of esters is 1. The SMILES string of the molecule is O=C(CCC(=O)[O][Pb]([c]1ccccc1)([c]1ccccc1)[c]1ccccc1)O[C@@]1([C@@]2(CO)O[C@H](CO)[C@@H](O)[C@@H]2O)O[C@H](CO)[C@@H](O)[C@H](O)[C@H]1O. The molecular weight excluding hydrogens is 840 g/mol. The van der Waals surface area contributed by atoms with Gasteiger partial charge < -0.3 is 0 Å². The second-order valence-corrected chi connectivity index (χ2v) is 24.8. The van der Waals surface area contributed by atoms with E-state index in [4.69, 9.17) is 16.9 Å². The summed E-state index contributed by atoms with van der Waals surface area (Å²) in [7, 11) is 0. The monoisotopic (exact) mass is 880 g/mol. The van der Waals surface area contributed by atoms with Gasteiger partial charge in [0.25, 0.3) is 0 Å². The molecule has 3 aromatic carbocycles. The molecule has 2 heterocycles. The van der Waals surface area contributed by atoms with E-state index in [1.165, 1.54) is 0 Å². The van der Waals surface area contributed by atoms with Crippen molar-refractivity contribution < 1.29 is 67.3 Å². The second kappa shape index (κ2) is 15.6. The molecule has 0 amide bonds. The number of ether oxygens (including phenoxy) is 3. The molecule has 3 aromatic rings. The summed E-state index contributed by atoms with van der Waals surface area (Å²) in [4.78, 5) is 27.3. The Morgan fingerprint density at radius 2 is 1.06 bits per heavy atom. The molecule has 14 nitrogen and oxygen atoms in total. The molecule has 9 atom stereocenters. The van der Waals surface area contributed by atoms with E-state index < -0.39 is 120 Å². The Kier molecular flexibility index (Phi) is 11.9. The molecule has 2 aliphatic rings. The summed E-state index contributed by atoms with van der Waals surface area (Å²) in [5.74, 6) is -5.09. The summed E-state index contributed by atoms with van der Waals surface area (Å²) < 4.78 is 25.7. The van der Waals surface area contributed by atoms with Crippen molar-refractivity contribution >= 4 is 42.9 Å².